The Morgan fingerprint density at radius 3 is 2.44 bits per heavy atom. The summed E-state index contributed by atoms with van der Waals surface area (Å²) in [5, 5.41) is 0. The van der Waals surface area contributed by atoms with Crippen LogP contribution in [0, 0.1) is 18.6 Å². The number of aryl methyl sites for hydroxylation is 1. The van der Waals surface area contributed by atoms with E-state index >= 15 is 0 Å². The third-order valence-corrected chi connectivity index (χ3v) is 3.82. The van der Waals surface area contributed by atoms with Crippen molar-refractivity contribution in [1.29, 1.82) is 0 Å². The van der Waals surface area contributed by atoms with Crippen LogP contribution in [0.15, 0.2) is 35.3 Å². The van der Waals surface area contributed by atoms with Gasteiger partial charge in [-0.3, -0.25) is 0 Å². The van der Waals surface area contributed by atoms with E-state index in [-0.39, 0.29) is 0 Å². The minimum absolute atomic E-state index is 0.400. The molecule has 0 N–H and O–H groups in total. The second-order valence-electron chi connectivity index (χ2n) is 5.79. The summed E-state index contributed by atoms with van der Waals surface area (Å²) in [4.78, 5) is 10.7. The first-order valence-electron chi connectivity index (χ1n) is 8.27. The van der Waals surface area contributed by atoms with Crippen molar-refractivity contribution in [3.8, 4) is 5.88 Å². The fourth-order valence-electron chi connectivity index (χ4n) is 2.27. The maximum absolute atomic E-state index is 13.4. The number of benzene rings is 1. The second kappa shape index (κ2) is 8.55. The smallest absolute Gasteiger partial charge is 0.214 e. The van der Waals surface area contributed by atoms with Crippen LogP contribution in [0.4, 0.5) is 14.5 Å². The van der Waals surface area contributed by atoms with Gasteiger partial charge in [0.15, 0.2) is 0 Å². The summed E-state index contributed by atoms with van der Waals surface area (Å²) in [6, 6.07) is 6.94. The average Bonchev–Trinajstić information content (AvgIpc) is 2.57. The van der Waals surface area contributed by atoms with Gasteiger partial charge in [0.1, 0.15) is 17.7 Å². The van der Waals surface area contributed by atoms with Gasteiger partial charge in [0.2, 0.25) is 5.88 Å². The Labute approximate surface area is 147 Å². The van der Waals surface area contributed by atoms with Crippen LogP contribution in [0.3, 0.4) is 0 Å². The van der Waals surface area contributed by atoms with Gasteiger partial charge in [0, 0.05) is 25.7 Å². The van der Waals surface area contributed by atoms with E-state index < -0.39 is 17.7 Å². The highest BCUT2D eigenvalue weighted by Gasteiger charge is 2.15. The van der Waals surface area contributed by atoms with E-state index in [9.17, 15) is 8.78 Å². The molecule has 0 spiro atoms. The average molecular weight is 347 g/mol. The van der Waals surface area contributed by atoms with Gasteiger partial charge in [-0.25, -0.2) is 18.8 Å². The molecule has 1 heterocycles. The molecule has 0 aliphatic rings. The maximum atomic E-state index is 13.4. The molecule has 0 saturated heterocycles. The molecule has 4 nitrogen and oxygen atoms in total. The van der Waals surface area contributed by atoms with Crippen molar-refractivity contribution in [2.75, 3.05) is 13.6 Å². The summed E-state index contributed by atoms with van der Waals surface area (Å²) in [5.41, 5.74) is 1.92. The summed E-state index contributed by atoms with van der Waals surface area (Å²) in [7, 11) is 1.94. The molecule has 0 bridgehead atoms. The van der Waals surface area contributed by atoms with Crippen molar-refractivity contribution in [3.63, 3.8) is 0 Å². The van der Waals surface area contributed by atoms with E-state index in [1.54, 1.807) is 12.4 Å². The molecule has 0 amide bonds. The molecule has 25 heavy (non-hydrogen) atoms. The van der Waals surface area contributed by atoms with Gasteiger partial charge < -0.3 is 9.64 Å². The third-order valence-electron chi connectivity index (χ3n) is 3.82. The highest BCUT2D eigenvalue weighted by molar-refractivity contribution is 5.62. The van der Waals surface area contributed by atoms with Crippen LogP contribution in [0.1, 0.15) is 37.6 Å². The molecule has 0 fully saturated rings. The molecule has 1 aromatic carbocycles. The van der Waals surface area contributed by atoms with E-state index in [1.807, 2.05) is 38.8 Å². The van der Waals surface area contributed by atoms with Crippen molar-refractivity contribution in [1.82, 2.24) is 9.88 Å². The van der Waals surface area contributed by atoms with Gasteiger partial charge in [-0.2, -0.15) is 0 Å². The minimum Gasteiger partial charge on any atom is -0.469 e. The topological polar surface area (TPSA) is 37.7 Å². The first kappa shape index (κ1) is 18.8. The molecular weight excluding hydrogens is 324 g/mol. The summed E-state index contributed by atoms with van der Waals surface area (Å²) in [6.07, 6.45) is 1.83. The zero-order chi connectivity index (χ0) is 18.4. The molecule has 2 aromatic rings. The first-order chi connectivity index (χ1) is 11.9. The van der Waals surface area contributed by atoms with Crippen molar-refractivity contribution in [2.24, 2.45) is 4.99 Å². The molecule has 1 atom stereocenters. The van der Waals surface area contributed by atoms with Crippen LogP contribution >= 0.6 is 0 Å². The molecule has 0 radical (unpaired) electrons. The molecule has 1 aromatic heterocycles. The number of aliphatic imine (C=N–C) groups is 1. The summed E-state index contributed by atoms with van der Waals surface area (Å²) in [6.45, 7) is 6.63. The largest absolute Gasteiger partial charge is 0.469 e. The summed E-state index contributed by atoms with van der Waals surface area (Å²) in [5.74, 6) is -0.839. The number of pyridine rings is 1. The Hall–Kier alpha value is -2.50. The number of halogens is 2. The molecule has 134 valence electrons. The van der Waals surface area contributed by atoms with Crippen molar-refractivity contribution >= 4 is 12.0 Å². The minimum atomic E-state index is -0.620. The van der Waals surface area contributed by atoms with Gasteiger partial charge in [-0.1, -0.05) is 6.92 Å². The quantitative estimate of drug-likeness (QED) is 0.533. The predicted molar refractivity (Wildman–Crippen MR) is 95.4 cm³/mol. The molecular formula is C19H23F2N3O. The summed E-state index contributed by atoms with van der Waals surface area (Å²) >= 11 is 0. The molecule has 1 unspecified atom stereocenters. The van der Waals surface area contributed by atoms with Gasteiger partial charge in [0.25, 0.3) is 0 Å². The number of ether oxygens (including phenoxy) is 1. The predicted octanol–water partition coefficient (Wildman–Crippen LogP) is 4.81. The highest BCUT2D eigenvalue weighted by Crippen LogP contribution is 2.27. The van der Waals surface area contributed by atoms with E-state index in [2.05, 4.69) is 9.98 Å². The van der Waals surface area contributed by atoms with E-state index in [1.165, 1.54) is 12.1 Å². The maximum Gasteiger partial charge on any atom is 0.214 e. The Bertz CT molecular complexity index is 729. The van der Waals surface area contributed by atoms with Gasteiger partial charge in [0.05, 0.1) is 17.7 Å². The zero-order valence-corrected chi connectivity index (χ0v) is 15.0. The first-order valence-corrected chi connectivity index (χ1v) is 8.27. The second-order valence-corrected chi connectivity index (χ2v) is 5.79. The lowest BCUT2D eigenvalue weighted by Crippen LogP contribution is -2.14. The van der Waals surface area contributed by atoms with Crippen molar-refractivity contribution in [3.05, 3.63) is 53.2 Å². The third kappa shape index (κ3) is 5.24. The number of rotatable bonds is 7. The molecule has 2 rings (SSSR count). The number of hydrogen-bond donors (Lipinski definition) is 0. The van der Waals surface area contributed by atoms with Crippen LogP contribution in [0.2, 0.25) is 0 Å². The molecule has 6 heteroatoms. The Morgan fingerprint density at radius 1 is 1.20 bits per heavy atom. The Morgan fingerprint density at radius 2 is 1.88 bits per heavy atom. The monoisotopic (exact) mass is 347 g/mol. The van der Waals surface area contributed by atoms with Crippen LogP contribution in [0.25, 0.3) is 0 Å². The Kier molecular flexibility index (Phi) is 6.44. The number of nitrogens with zero attached hydrogens (tertiary/aromatic N) is 3. The SMILES string of the molecule is CCC(Oc1ccc(N=CN(C)CC)c(C)n1)c1cc(F)cc(F)c1. The van der Waals surface area contributed by atoms with Crippen LogP contribution < -0.4 is 4.74 Å². The summed E-state index contributed by atoms with van der Waals surface area (Å²) < 4.78 is 32.7. The van der Waals surface area contributed by atoms with E-state index in [4.69, 9.17) is 4.74 Å². The molecule has 0 aliphatic heterocycles. The van der Waals surface area contributed by atoms with Crippen LogP contribution in [0.5, 0.6) is 5.88 Å². The standard InChI is InChI=1S/C19H23F2N3O/c1-5-18(14-9-15(20)11-16(21)10-14)25-19-8-7-17(13(3)23-19)22-12-24(4)6-2/h7-12,18H,5-6H2,1-4H3. The number of aromatic nitrogens is 1. The highest BCUT2D eigenvalue weighted by atomic mass is 19.1. The molecule has 0 saturated carbocycles. The normalized spacial score (nSPS) is 12.4. The zero-order valence-electron chi connectivity index (χ0n) is 15.0. The van der Waals surface area contributed by atoms with E-state index in [0.29, 0.717) is 17.9 Å². The van der Waals surface area contributed by atoms with Gasteiger partial charge in [-0.05, 0) is 44.0 Å². The lowest BCUT2D eigenvalue weighted by atomic mass is 10.1. The number of hydrogen-bond acceptors (Lipinski definition) is 3. The Balaban J connectivity index is 2.18. The fraction of sp³-hybridized carbons (Fsp3) is 0.368. The van der Waals surface area contributed by atoms with Gasteiger partial charge in [-0.15, -0.1) is 0 Å². The van der Waals surface area contributed by atoms with Crippen LogP contribution in [-0.2, 0) is 0 Å². The van der Waals surface area contributed by atoms with Crippen molar-refractivity contribution in [2.45, 2.75) is 33.3 Å². The van der Waals surface area contributed by atoms with Crippen molar-refractivity contribution < 1.29 is 13.5 Å². The lowest BCUT2D eigenvalue weighted by Gasteiger charge is -2.18. The van der Waals surface area contributed by atoms with Crippen LogP contribution in [-0.4, -0.2) is 29.8 Å². The molecule has 0 aliphatic carbocycles. The fourth-order valence-corrected chi connectivity index (χ4v) is 2.27. The van der Waals surface area contributed by atoms with E-state index in [0.717, 1.165) is 24.0 Å². The van der Waals surface area contributed by atoms with Gasteiger partial charge >= 0.3 is 0 Å². The lowest BCUT2D eigenvalue weighted by molar-refractivity contribution is 0.191.